The van der Waals surface area contributed by atoms with Crippen LogP contribution in [0.2, 0.25) is 0 Å². The maximum Gasteiger partial charge on any atom is 0.260 e. The first kappa shape index (κ1) is 23.8. The third kappa shape index (κ3) is 4.16. The Morgan fingerprint density at radius 1 is 1.15 bits per heavy atom. The molecular weight excluding hydrogens is 428 g/mol. The average molecular weight is 463 g/mol. The van der Waals surface area contributed by atoms with Gasteiger partial charge in [0.05, 0.1) is 17.8 Å². The van der Waals surface area contributed by atoms with Gasteiger partial charge in [-0.3, -0.25) is 9.69 Å². The van der Waals surface area contributed by atoms with Crippen LogP contribution >= 0.6 is 0 Å². The Bertz CT molecular complexity index is 1170. The minimum Gasteiger partial charge on any atom is -0.354 e. The summed E-state index contributed by atoms with van der Waals surface area (Å²) in [4.78, 5) is 27.0. The summed E-state index contributed by atoms with van der Waals surface area (Å²) in [7, 11) is 0. The van der Waals surface area contributed by atoms with Crippen LogP contribution < -0.4 is 15.5 Å². The molecule has 0 aliphatic carbocycles. The highest BCUT2D eigenvalue weighted by atomic mass is 16.2. The number of fused-ring (bicyclic) bond motifs is 1. The number of pyridine rings is 2. The Morgan fingerprint density at radius 3 is 2.56 bits per heavy atom. The molecule has 4 heterocycles. The summed E-state index contributed by atoms with van der Waals surface area (Å²) in [6.07, 6.45) is 3.71. The molecule has 34 heavy (non-hydrogen) atoms. The van der Waals surface area contributed by atoms with E-state index in [-0.39, 0.29) is 18.5 Å². The van der Waals surface area contributed by atoms with Crippen LogP contribution in [0.5, 0.6) is 0 Å². The highest BCUT2D eigenvalue weighted by Gasteiger charge is 2.33. The lowest BCUT2D eigenvalue weighted by molar-refractivity contribution is 0.0996. The van der Waals surface area contributed by atoms with Crippen LogP contribution in [0.25, 0.3) is 11.5 Å². The summed E-state index contributed by atoms with van der Waals surface area (Å²) < 4.78 is 2.07. The van der Waals surface area contributed by atoms with E-state index in [9.17, 15) is 4.79 Å². The molecule has 0 atom stereocenters. The average Bonchev–Trinajstić information content (AvgIpc) is 3.45. The zero-order valence-electron chi connectivity index (χ0n) is 20.7. The number of nitrogens with zero attached hydrogens (tertiary/aromatic N) is 7. The minimum atomic E-state index is -0.0840. The van der Waals surface area contributed by atoms with Gasteiger partial charge in [0.15, 0.2) is 5.82 Å². The van der Waals surface area contributed by atoms with E-state index in [4.69, 9.17) is 15.7 Å². The second-order valence-electron chi connectivity index (χ2n) is 8.84. The van der Waals surface area contributed by atoms with Gasteiger partial charge in [0.1, 0.15) is 23.7 Å². The van der Waals surface area contributed by atoms with Crippen LogP contribution in [0, 0.1) is 0 Å². The van der Waals surface area contributed by atoms with E-state index in [2.05, 4.69) is 54.3 Å². The number of nitrogens with two attached hydrogens (primary N) is 1. The van der Waals surface area contributed by atoms with Gasteiger partial charge in [-0.25, -0.2) is 9.97 Å². The van der Waals surface area contributed by atoms with Crippen LogP contribution in [0.15, 0.2) is 30.6 Å². The lowest BCUT2D eigenvalue weighted by Gasteiger charge is -2.27. The van der Waals surface area contributed by atoms with E-state index in [0.29, 0.717) is 35.5 Å². The van der Waals surface area contributed by atoms with Gasteiger partial charge < -0.3 is 15.2 Å². The lowest BCUT2D eigenvalue weighted by atomic mass is 10.1. The first-order valence-electron chi connectivity index (χ1n) is 12.1. The summed E-state index contributed by atoms with van der Waals surface area (Å²) >= 11 is 0. The topological polar surface area (TPSA) is 106 Å². The molecule has 1 aliphatic heterocycles. The maximum atomic E-state index is 13.5. The number of hydrogen-bond acceptors (Lipinski definition) is 7. The molecule has 1 aliphatic rings. The van der Waals surface area contributed by atoms with Gasteiger partial charge in [0.25, 0.3) is 5.91 Å². The number of carbonyl (C=O) groups excluding carboxylic acids is 1. The molecule has 9 heteroatoms. The number of hydrogen-bond donors (Lipinski definition) is 1. The second kappa shape index (κ2) is 9.89. The summed E-state index contributed by atoms with van der Waals surface area (Å²) in [6, 6.07) is 8.13. The van der Waals surface area contributed by atoms with Gasteiger partial charge in [-0.1, -0.05) is 19.9 Å². The van der Waals surface area contributed by atoms with Crippen molar-refractivity contribution in [3.8, 4) is 11.5 Å². The number of carbonyl (C=O) groups is 1. The fourth-order valence-corrected chi connectivity index (χ4v) is 4.72. The Balaban J connectivity index is 1.71. The maximum absolute atomic E-state index is 13.5. The first-order valence-corrected chi connectivity index (χ1v) is 12.1. The molecule has 2 N–H and O–H groups in total. The quantitative estimate of drug-likeness (QED) is 0.513. The Kier molecular flexibility index (Phi) is 6.92. The minimum absolute atomic E-state index is 0.0840. The van der Waals surface area contributed by atoms with Crippen molar-refractivity contribution in [2.24, 2.45) is 5.73 Å². The highest BCUT2D eigenvalue weighted by Crippen LogP contribution is 2.33. The number of rotatable bonds is 9. The van der Waals surface area contributed by atoms with Gasteiger partial charge in [-0.15, -0.1) is 10.2 Å². The van der Waals surface area contributed by atoms with Crippen molar-refractivity contribution in [2.75, 3.05) is 16.3 Å². The molecule has 0 radical (unpaired) electrons. The molecule has 0 unspecified atom stereocenters. The summed E-state index contributed by atoms with van der Waals surface area (Å²) in [5.41, 5.74) is 9.03. The number of aromatic nitrogens is 5. The fourth-order valence-electron chi connectivity index (χ4n) is 4.72. The number of anilines is 2. The van der Waals surface area contributed by atoms with Crippen LogP contribution in [-0.4, -0.2) is 43.2 Å². The van der Waals surface area contributed by atoms with Crippen molar-refractivity contribution in [3.05, 3.63) is 47.4 Å². The van der Waals surface area contributed by atoms with Crippen molar-refractivity contribution >= 4 is 17.5 Å². The normalized spacial score (nSPS) is 13.3. The summed E-state index contributed by atoms with van der Waals surface area (Å²) in [5.74, 6) is 1.99. The SMILES string of the molecule is CCC(CC)n1cnnc1-c1cccc(N2Cc3c(cc(N(CC)C(C)C)nc3CN)C2=O)n1. The molecule has 4 rings (SSSR count). The van der Waals surface area contributed by atoms with Crippen LogP contribution in [-0.2, 0) is 13.1 Å². The molecule has 3 aromatic heterocycles. The fraction of sp³-hybridized carbons (Fsp3) is 0.480. The largest absolute Gasteiger partial charge is 0.354 e. The van der Waals surface area contributed by atoms with Crippen LogP contribution in [0.3, 0.4) is 0 Å². The van der Waals surface area contributed by atoms with Crippen molar-refractivity contribution in [1.29, 1.82) is 0 Å². The molecule has 0 bridgehead atoms. The second-order valence-corrected chi connectivity index (χ2v) is 8.84. The molecule has 0 spiro atoms. The zero-order chi connectivity index (χ0) is 24.4. The van der Waals surface area contributed by atoms with E-state index < -0.39 is 0 Å². The molecule has 3 aromatic rings. The van der Waals surface area contributed by atoms with Crippen molar-refractivity contribution in [1.82, 2.24) is 24.7 Å². The lowest BCUT2D eigenvalue weighted by Crippen LogP contribution is -2.31. The smallest absolute Gasteiger partial charge is 0.260 e. The van der Waals surface area contributed by atoms with Gasteiger partial charge in [0.2, 0.25) is 0 Å². The third-order valence-corrected chi connectivity index (χ3v) is 6.59. The van der Waals surface area contributed by atoms with Crippen molar-refractivity contribution < 1.29 is 4.79 Å². The molecule has 1 amide bonds. The molecule has 0 saturated carbocycles. The molecule has 0 aromatic carbocycles. The van der Waals surface area contributed by atoms with Crippen LogP contribution in [0.4, 0.5) is 11.6 Å². The van der Waals surface area contributed by atoms with E-state index in [0.717, 1.165) is 36.5 Å². The van der Waals surface area contributed by atoms with Gasteiger partial charge in [-0.05, 0) is 51.8 Å². The molecule has 0 fully saturated rings. The Morgan fingerprint density at radius 2 is 1.91 bits per heavy atom. The number of amides is 1. The molecule has 0 saturated heterocycles. The van der Waals surface area contributed by atoms with Gasteiger partial charge in [-0.2, -0.15) is 0 Å². The Hall–Kier alpha value is -3.33. The van der Waals surface area contributed by atoms with E-state index in [1.165, 1.54) is 0 Å². The zero-order valence-corrected chi connectivity index (χ0v) is 20.7. The highest BCUT2D eigenvalue weighted by molar-refractivity contribution is 6.10. The van der Waals surface area contributed by atoms with E-state index in [1.54, 1.807) is 11.2 Å². The van der Waals surface area contributed by atoms with Gasteiger partial charge >= 0.3 is 0 Å². The molecular formula is C25H34N8O. The van der Waals surface area contributed by atoms with Gasteiger partial charge in [0, 0.05) is 30.7 Å². The predicted octanol–water partition coefficient (Wildman–Crippen LogP) is 3.95. The standard InChI is InChI=1S/C25H34N8O/c1-6-17(7-2)33-15-27-30-24(33)20-10-9-11-22(28-20)32-14-19-18(25(32)34)12-23(29-21(19)13-26)31(8-3)16(4)5/h9-12,15-17H,6-8,13-14,26H2,1-5H3. The van der Waals surface area contributed by atoms with Crippen molar-refractivity contribution in [2.45, 2.75) is 72.6 Å². The predicted molar refractivity (Wildman–Crippen MR) is 134 cm³/mol. The third-order valence-electron chi connectivity index (χ3n) is 6.59. The molecule has 9 nitrogen and oxygen atoms in total. The van der Waals surface area contributed by atoms with Crippen molar-refractivity contribution in [3.63, 3.8) is 0 Å². The van der Waals surface area contributed by atoms with E-state index >= 15 is 0 Å². The van der Waals surface area contributed by atoms with Crippen LogP contribution in [0.1, 0.15) is 75.1 Å². The van der Waals surface area contributed by atoms with E-state index in [1.807, 2.05) is 24.3 Å². The monoisotopic (exact) mass is 462 g/mol. The summed E-state index contributed by atoms with van der Waals surface area (Å²) in [6.45, 7) is 12.1. The Labute approximate surface area is 201 Å². The summed E-state index contributed by atoms with van der Waals surface area (Å²) in [5, 5.41) is 8.46. The first-order chi connectivity index (χ1) is 16.4. The molecule has 180 valence electrons.